The molecule has 23 heavy (non-hydrogen) atoms. The highest BCUT2D eigenvalue weighted by molar-refractivity contribution is 5.87. The number of nitrogens with zero attached hydrogens (tertiary/aromatic N) is 7. The number of anilines is 1. The van der Waals surface area contributed by atoms with Gasteiger partial charge < -0.3 is 9.42 Å². The highest BCUT2D eigenvalue weighted by Crippen LogP contribution is 2.31. The van der Waals surface area contributed by atoms with Gasteiger partial charge in [0.15, 0.2) is 11.5 Å². The zero-order valence-corrected chi connectivity index (χ0v) is 13.5. The van der Waals surface area contributed by atoms with Gasteiger partial charge in [-0.15, -0.1) is 0 Å². The Morgan fingerprint density at radius 2 is 2.09 bits per heavy atom. The fourth-order valence-electron chi connectivity index (χ4n) is 3.22. The maximum Gasteiger partial charge on any atom is 0.223 e. The molecule has 1 atom stereocenters. The van der Waals surface area contributed by atoms with Crippen molar-refractivity contribution in [2.75, 3.05) is 18.0 Å². The maximum atomic E-state index is 5.13. The van der Waals surface area contributed by atoms with Gasteiger partial charge >= 0.3 is 0 Å². The summed E-state index contributed by atoms with van der Waals surface area (Å²) in [6.45, 7) is 5.54. The average molecular weight is 313 g/mol. The van der Waals surface area contributed by atoms with Crippen LogP contribution >= 0.6 is 0 Å². The van der Waals surface area contributed by atoms with Gasteiger partial charge in [-0.2, -0.15) is 10.1 Å². The van der Waals surface area contributed by atoms with Crippen molar-refractivity contribution in [2.45, 2.75) is 32.6 Å². The van der Waals surface area contributed by atoms with E-state index in [4.69, 9.17) is 4.52 Å². The number of piperidine rings is 1. The first-order valence-corrected chi connectivity index (χ1v) is 7.83. The van der Waals surface area contributed by atoms with Gasteiger partial charge in [-0.3, -0.25) is 4.68 Å². The molecule has 8 nitrogen and oxygen atoms in total. The molecule has 1 saturated heterocycles. The molecule has 0 aliphatic carbocycles. The second kappa shape index (κ2) is 5.29. The Morgan fingerprint density at radius 3 is 2.87 bits per heavy atom. The molecular weight excluding hydrogens is 294 g/mol. The van der Waals surface area contributed by atoms with Crippen molar-refractivity contribution >= 4 is 16.9 Å². The third-order valence-electron chi connectivity index (χ3n) is 4.31. The van der Waals surface area contributed by atoms with Crippen molar-refractivity contribution in [3.05, 3.63) is 23.7 Å². The summed E-state index contributed by atoms with van der Waals surface area (Å²) in [6.07, 6.45) is 3.98. The van der Waals surface area contributed by atoms with E-state index in [9.17, 15) is 0 Å². The molecule has 1 fully saturated rings. The largest absolute Gasteiger partial charge is 0.355 e. The van der Waals surface area contributed by atoms with Crippen LogP contribution in [0.3, 0.4) is 0 Å². The minimum atomic E-state index is 0.267. The summed E-state index contributed by atoms with van der Waals surface area (Å²) in [6, 6.07) is 0. The number of fused-ring (bicyclic) bond motifs is 1. The van der Waals surface area contributed by atoms with Crippen LogP contribution in [0.15, 0.2) is 10.7 Å². The third-order valence-corrected chi connectivity index (χ3v) is 4.31. The summed E-state index contributed by atoms with van der Waals surface area (Å²) in [5, 5.41) is 9.40. The first-order valence-electron chi connectivity index (χ1n) is 7.83. The Bertz CT molecular complexity index is 853. The second-order valence-corrected chi connectivity index (χ2v) is 6.06. The van der Waals surface area contributed by atoms with Crippen LogP contribution in [0.2, 0.25) is 0 Å². The first kappa shape index (κ1) is 14.1. The summed E-state index contributed by atoms with van der Waals surface area (Å²) >= 11 is 0. The molecule has 3 aromatic rings. The van der Waals surface area contributed by atoms with Gasteiger partial charge in [0.25, 0.3) is 0 Å². The molecule has 0 saturated carbocycles. The number of hydrogen-bond donors (Lipinski definition) is 0. The van der Waals surface area contributed by atoms with Gasteiger partial charge in [-0.25, -0.2) is 9.97 Å². The van der Waals surface area contributed by atoms with Gasteiger partial charge in [0.1, 0.15) is 11.6 Å². The zero-order valence-electron chi connectivity index (χ0n) is 13.5. The lowest BCUT2D eigenvalue weighted by Gasteiger charge is -2.32. The van der Waals surface area contributed by atoms with Crippen LogP contribution in [0.1, 0.15) is 36.3 Å². The lowest BCUT2D eigenvalue weighted by atomic mass is 9.97. The molecule has 1 aliphatic rings. The molecule has 4 heterocycles. The molecule has 0 aromatic carbocycles. The first-order chi connectivity index (χ1) is 11.1. The SMILES string of the molecule is Cc1nc(N2CCCC(c3noc(C)n3)C2)c2cnn(C)c2n1. The Balaban J connectivity index is 1.70. The quantitative estimate of drug-likeness (QED) is 0.712. The summed E-state index contributed by atoms with van der Waals surface area (Å²) < 4.78 is 6.92. The van der Waals surface area contributed by atoms with Crippen LogP contribution in [0, 0.1) is 13.8 Å². The molecular formula is C15H19N7O. The lowest BCUT2D eigenvalue weighted by Crippen LogP contribution is -2.35. The van der Waals surface area contributed by atoms with Crippen LogP contribution in [-0.2, 0) is 7.05 Å². The molecule has 1 aliphatic heterocycles. The molecule has 8 heteroatoms. The summed E-state index contributed by atoms with van der Waals surface area (Å²) in [5.74, 6) is 3.38. The van der Waals surface area contributed by atoms with Crippen LogP contribution in [0.5, 0.6) is 0 Å². The Kier molecular flexibility index (Phi) is 3.24. The highest BCUT2D eigenvalue weighted by atomic mass is 16.5. The molecule has 3 aromatic heterocycles. The zero-order chi connectivity index (χ0) is 16.0. The van der Waals surface area contributed by atoms with Crippen molar-refractivity contribution in [3.63, 3.8) is 0 Å². The van der Waals surface area contributed by atoms with Gasteiger partial charge in [0.05, 0.1) is 11.6 Å². The average Bonchev–Trinajstić information content (AvgIpc) is 3.14. The Labute approximate surface area is 133 Å². The third kappa shape index (κ3) is 2.43. The number of rotatable bonds is 2. The standard InChI is InChI=1S/C15H19N7O/c1-9-17-14-12(7-16-21(14)3)15(18-9)22-6-4-5-11(8-22)13-19-10(2)23-20-13/h7,11H,4-6,8H2,1-3H3. The normalized spacial score (nSPS) is 18.7. The van der Waals surface area contributed by atoms with Gasteiger partial charge in [-0.05, 0) is 19.8 Å². The number of aromatic nitrogens is 6. The van der Waals surface area contributed by atoms with Gasteiger partial charge in [-0.1, -0.05) is 5.16 Å². The van der Waals surface area contributed by atoms with Crippen LogP contribution in [0.4, 0.5) is 5.82 Å². The van der Waals surface area contributed by atoms with Crippen LogP contribution < -0.4 is 4.90 Å². The fourth-order valence-corrected chi connectivity index (χ4v) is 3.22. The van der Waals surface area contributed by atoms with E-state index in [1.54, 1.807) is 4.68 Å². The van der Waals surface area contributed by atoms with Crippen LogP contribution in [0.25, 0.3) is 11.0 Å². The smallest absolute Gasteiger partial charge is 0.223 e. The van der Waals surface area contributed by atoms with Crippen molar-refractivity contribution in [2.24, 2.45) is 7.05 Å². The van der Waals surface area contributed by atoms with Crippen molar-refractivity contribution in [3.8, 4) is 0 Å². The number of aryl methyl sites for hydroxylation is 3. The molecule has 1 unspecified atom stereocenters. The lowest BCUT2D eigenvalue weighted by molar-refractivity contribution is 0.377. The van der Waals surface area contributed by atoms with Crippen molar-refractivity contribution in [1.29, 1.82) is 0 Å². The summed E-state index contributed by atoms with van der Waals surface area (Å²) in [5.41, 5.74) is 0.866. The second-order valence-electron chi connectivity index (χ2n) is 6.06. The molecule has 0 spiro atoms. The van der Waals surface area contributed by atoms with E-state index in [0.29, 0.717) is 5.89 Å². The maximum absolute atomic E-state index is 5.13. The summed E-state index contributed by atoms with van der Waals surface area (Å²) in [7, 11) is 1.90. The van der Waals surface area contributed by atoms with Crippen molar-refractivity contribution < 1.29 is 4.52 Å². The predicted molar refractivity (Wildman–Crippen MR) is 84.3 cm³/mol. The molecule has 0 bridgehead atoms. The molecule has 0 amide bonds. The van der Waals surface area contributed by atoms with Crippen molar-refractivity contribution in [1.82, 2.24) is 29.9 Å². The molecule has 120 valence electrons. The van der Waals surface area contributed by atoms with Gasteiger partial charge in [0, 0.05) is 33.0 Å². The van der Waals surface area contributed by atoms with E-state index in [1.165, 1.54) is 0 Å². The van der Waals surface area contributed by atoms with E-state index in [-0.39, 0.29) is 5.92 Å². The minimum absolute atomic E-state index is 0.267. The van der Waals surface area contributed by atoms with E-state index in [1.807, 2.05) is 27.1 Å². The molecule has 4 rings (SSSR count). The highest BCUT2D eigenvalue weighted by Gasteiger charge is 2.27. The molecule has 0 N–H and O–H groups in total. The summed E-state index contributed by atoms with van der Waals surface area (Å²) in [4.78, 5) is 15.8. The van der Waals surface area contributed by atoms with E-state index >= 15 is 0 Å². The Hall–Kier alpha value is -2.51. The van der Waals surface area contributed by atoms with E-state index < -0.39 is 0 Å². The topological polar surface area (TPSA) is 85.8 Å². The number of hydrogen-bond acceptors (Lipinski definition) is 7. The van der Waals surface area contributed by atoms with Crippen LogP contribution in [-0.4, -0.2) is 43.0 Å². The predicted octanol–water partition coefficient (Wildman–Crippen LogP) is 1.75. The van der Waals surface area contributed by atoms with E-state index in [2.05, 4.69) is 30.1 Å². The molecule has 0 radical (unpaired) electrons. The minimum Gasteiger partial charge on any atom is -0.355 e. The fraction of sp³-hybridized carbons (Fsp3) is 0.533. The monoisotopic (exact) mass is 313 g/mol. The Morgan fingerprint density at radius 1 is 1.22 bits per heavy atom. The van der Waals surface area contributed by atoms with E-state index in [0.717, 1.165) is 54.4 Å². The van der Waals surface area contributed by atoms with Gasteiger partial charge in [0.2, 0.25) is 5.89 Å².